The fourth-order valence-corrected chi connectivity index (χ4v) is 5.91. The summed E-state index contributed by atoms with van der Waals surface area (Å²) in [5, 5.41) is 3.19. The predicted octanol–water partition coefficient (Wildman–Crippen LogP) is 2.43. The maximum atomic E-state index is 13.5. The number of rotatable bonds is 5. The second-order valence-corrected chi connectivity index (χ2v) is 9.79. The molecule has 1 aromatic carbocycles. The standard InChI is InChI=1S/C21H29N5O3S/c1-22-20-17-14-25(2)13-11-18(17)23-21(24-20)19-6-4-5-12-26(19)30(27,28)16-9-7-15(29-3)8-10-16/h7-10,19H,4-6,11-14H2,1-3H3,(H,22,23,24). The second kappa shape index (κ2) is 8.49. The minimum Gasteiger partial charge on any atom is -0.497 e. The first-order chi connectivity index (χ1) is 14.4. The molecule has 162 valence electrons. The first-order valence-electron chi connectivity index (χ1n) is 10.4. The third-order valence-corrected chi connectivity index (χ3v) is 7.85. The van der Waals surface area contributed by atoms with E-state index < -0.39 is 10.0 Å². The van der Waals surface area contributed by atoms with Gasteiger partial charge in [-0.3, -0.25) is 0 Å². The zero-order chi connectivity index (χ0) is 21.3. The molecule has 2 aliphatic heterocycles. The number of nitrogens with zero attached hydrogens (tertiary/aromatic N) is 4. The van der Waals surface area contributed by atoms with Crippen molar-refractivity contribution >= 4 is 15.8 Å². The molecule has 4 rings (SSSR count). The molecule has 0 radical (unpaired) electrons. The number of piperidine rings is 1. The number of hydrogen-bond acceptors (Lipinski definition) is 7. The number of methoxy groups -OCH3 is 1. The molecule has 1 N–H and O–H groups in total. The minimum atomic E-state index is -3.66. The van der Waals surface area contributed by atoms with Crippen molar-refractivity contribution < 1.29 is 13.2 Å². The summed E-state index contributed by atoms with van der Waals surface area (Å²) >= 11 is 0. The Morgan fingerprint density at radius 2 is 1.90 bits per heavy atom. The first kappa shape index (κ1) is 21.0. The quantitative estimate of drug-likeness (QED) is 0.778. The number of likely N-dealkylation sites (N-methyl/N-ethyl adjacent to an activating group) is 1. The molecule has 1 fully saturated rings. The van der Waals surface area contributed by atoms with Crippen LogP contribution in [-0.4, -0.2) is 61.9 Å². The number of benzene rings is 1. The van der Waals surface area contributed by atoms with E-state index in [1.54, 1.807) is 35.7 Å². The zero-order valence-electron chi connectivity index (χ0n) is 17.8. The molecule has 0 spiro atoms. The van der Waals surface area contributed by atoms with Crippen LogP contribution in [0.1, 0.15) is 42.4 Å². The van der Waals surface area contributed by atoms with E-state index >= 15 is 0 Å². The molecule has 1 saturated heterocycles. The van der Waals surface area contributed by atoms with Gasteiger partial charge in [-0.2, -0.15) is 4.31 Å². The monoisotopic (exact) mass is 431 g/mol. The molecule has 0 bridgehead atoms. The van der Waals surface area contributed by atoms with Crippen molar-refractivity contribution in [2.24, 2.45) is 0 Å². The van der Waals surface area contributed by atoms with Gasteiger partial charge in [0.15, 0.2) is 0 Å². The third kappa shape index (κ3) is 3.89. The zero-order valence-corrected chi connectivity index (χ0v) is 18.6. The summed E-state index contributed by atoms with van der Waals surface area (Å²) < 4.78 is 33.7. The molecule has 3 heterocycles. The average molecular weight is 432 g/mol. The third-order valence-electron chi connectivity index (χ3n) is 5.92. The topological polar surface area (TPSA) is 87.7 Å². The summed E-state index contributed by atoms with van der Waals surface area (Å²) in [4.78, 5) is 12.1. The van der Waals surface area contributed by atoms with Crippen LogP contribution in [-0.2, 0) is 23.0 Å². The van der Waals surface area contributed by atoms with Crippen LogP contribution in [0, 0.1) is 0 Å². The molecule has 0 saturated carbocycles. The van der Waals surface area contributed by atoms with Gasteiger partial charge in [0.1, 0.15) is 17.4 Å². The maximum Gasteiger partial charge on any atom is 0.243 e. The number of nitrogens with one attached hydrogen (secondary N) is 1. The van der Waals surface area contributed by atoms with E-state index in [9.17, 15) is 8.42 Å². The lowest BCUT2D eigenvalue weighted by Gasteiger charge is -2.35. The van der Waals surface area contributed by atoms with Gasteiger partial charge < -0.3 is 15.0 Å². The van der Waals surface area contributed by atoms with Gasteiger partial charge >= 0.3 is 0 Å². The van der Waals surface area contributed by atoms with E-state index in [4.69, 9.17) is 14.7 Å². The molecule has 9 heteroatoms. The van der Waals surface area contributed by atoms with Crippen LogP contribution in [0.2, 0.25) is 0 Å². The molecule has 30 heavy (non-hydrogen) atoms. The van der Waals surface area contributed by atoms with E-state index in [0.29, 0.717) is 18.1 Å². The molecule has 2 aromatic rings. The van der Waals surface area contributed by atoms with E-state index in [0.717, 1.165) is 55.8 Å². The normalized spacial score (nSPS) is 20.6. The Kier molecular flexibility index (Phi) is 5.95. The van der Waals surface area contributed by atoms with E-state index in [1.807, 2.05) is 7.05 Å². The van der Waals surface area contributed by atoms with Crippen LogP contribution in [0.25, 0.3) is 0 Å². The number of anilines is 1. The van der Waals surface area contributed by atoms with Gasteiger partial charge in [-0.15, -0.1) is 0 Å². The van der Waals surface area contributed by atoms with Gasteiger partial charge in [-0.1, -0.05) is 6.42 Å². The smallest absolute Gasteiger partial charge is 0.243 e. The number of sulfonamides is 1. The van der Waals surface area contributed by atoms with Crippen molar-refractivity contribution in [3.63, 3.8) is 0 Å². The SMILES string of the molecule is CNc1nc(C2CCCCN2S(=O)(=O)c2ccc(OC)cc2)nc2c1CN(C)CC2. The van der Waals surface area contributed by atoms with E-state index in [2.05, 4.69) is 17.3 Å². The van der Waals surface area contributed by atoms with Crippen LogP contribution in [0.15, 0.2) is 29.2 Å². The Bertz CT molecular complexity index is 993. The minimum absolute atomic E-state index is 0.267. The van der Waals surface area contributed by atoms with E-state index in [-0.39, 0.29) is 10.9 Å². The Morgan fingerprint density at radius 1 is 1.13 bits per heavy atom. The van der Waals surface area contributed by atoms with Gasteiger partial charge in [-0.05, 0) is 44.2 Å². The van der Waals surface area contributed by atoms with Crippen molar-refractivity contribution in [1.29, 1.82) is 0 Å². The Labute approximate surface area is 178 Å². The average Bonchev–Trinajstić information content (AvgIpc) is 2.78. The largest absolute Gasteiger partial charge is 0.497 e. The fraction of sp³-hybridized carbons (Fsp3) is 0.524. The summed E-state index contributed by atoms with van der Waals surface area (Å²) in [5.41, 5.74) is 2.13. The first-order valence-corrected chi connectivity index (χ1v) is 11.8. The van der Waals surface area contributed by atoms with Crippen molar-refractivity contribution in [2.45, 2.75) is 43.2 Å². The highest BCUT2D eigenvalue weighted by Crippen LogP contribution is 2.36. The highest BCUT2D eigenvalue weighted by atomic mass is 32.2. The van der Waals surface area contributed by atoms with Crippen LogP contribution < -0.4 is 10.1 Å². The maximum absolute atomic E-state index is 13.5. The highest BCUT2D eigenvalue weighted by Gasteiger charge is 2.37. The molecule has 2 aliphatic rings. The molecule has 1 atom stereocenters. The molecule has 0 amide bonds. The molecule has 1 unspecified atom stereocenters. The van der Waals surface area contributed by atoms with Crippen LogP contribution in [0.5, 0.6) is 5.75 Å². The number of aromatic nitrogens is 2. The van der Waals surface area contributed by atoms with Gasteiger partial charge in [0.2, 0.25) is 10.0 Å². The molecule has 8 nitrogen and oxygen atoms in total. The van der Waals surface area contributed by atoms with Gasteiger partial charge in [-0.25, -0.2) is 18.4 Å². The van der Waals surface area contributed by atoms with Crippen molar-refractivity contribution in [2.75, 3.05) is 39.6 Å². The van der Waals surface area contributed by atoms with Crippen LogP contribution >= 0.6 is 0 Å². The number of hydrogen-bond donors (Lipinski definition) is 1. The number of fused-ring (bicyclic) bond motifs is 1. The van der Waals surface area contributed by atoms with Crippen molar-refractivity contribution in [1.82, 2.24) is 19.2 Å². The summed E-state index contributed by atoms with van der Waals surface area (Å²) in [5.74, 6) is 2.03. The molecular weight excluding hydrogens is 402 g/mol. The fourth-order valence-electron chi connectivity index (χ4n) is 4.26. The molecule has 0 aliphatic carbocycles. The van der Waals surface area contributed by atoms with Crippen LogP contribution in [0.4, 0.5) is 5.82 Å². The second-order valence-electron chi connectivity index (χ2n) is 7.90. The summed E-state index contributed by atoms with van der Waals surface area (Å²) in [6.07, 6.45) is 3.35. The Hall–Kier alpha value is -2.23. The lowest BCUT2D eigenvalue weighted by Crippen LogP contribution is -2.39. The van der Waals surface area contributed by atoms with Crippen LogP contribution in [0.3, 0.4) is 0 Å². The van der Waals surface area contributed by atoms with Gasteiger partial charge in [0, 0.05) is 38.7 Å². The summed E-state index contributed by atoms with van der Waals surface area (Å²) in [7, 11) is 1.84. The summed E-state index contributed by atoms with van der Waals surface area (Å²) in [6, 6.07) is 6.20. The van der Waals surface area contributed by atoms with Crippen molar-refractivity contribution in [3.8, 4) is 5.75 Å². The van der Waals surface area contributed by atoms with E-state index in [1.165, 1.54) is 0 Å². The lowest BCUT2D eigenvalue weighted by atomic mass is 10.0. The van der Waals surface area contributed by atoms with Crippen molar-refractivity contribution in [3.05, 3.63) is 41.3 Å². The molecule has 1 aromatic heterocycles. The molecular formula is C21H29N5O3S. The Morgan fingerprint density at radius 3 is 2.60 bits per heavy atom. The highest BCUT2D eigenvalue weighted by molar-refractivity contribution is 7.89. The van der Waals surface area contributed by atoms with Gasteiger partial charge in [0.25, 0.3) is 0 Å². The Balaban J connectivity index is 1.72. The summed E-state index contributed by atoms with van der Waals surface area (Å²) in [6.45, 7) is 2.20. The predicted molar refractivity (Wildman–Crippen MR) is 115 cm³/mol. The lowest BCUT2D eigenvalue weighted by molar-refractivity contribution is 0.244. The number of ether oxygens (including phenoxy) is 1. The van der Waals surface area contributed by atoms with Gasteiger partial charge in [0.05, 0.1) is 23.7 Å².